The molecule has 0 unspecified atom stereocenters. The minimum Gasteiger partial charge on any atom is -0.336 e. The molecule has 1 aliphatic rings. The highest BCUT2D eigenvalue weighted by atomic mass is 32.2. The SMILES string of the molecule is NNc1ccc(C(=O)N2CCCS(=O)(=O)CC2)nn1. The number of hydrogen-bond acceptors (Lipinski definition) is 7. The van der Waals surface area contributed by atoms with Crippen molar-refractivity contribution in [1.82, 2.24) is 15.1 Å². The number of carbonyl (C=O) groups excluding carboxylic acids is 1. The van der Waals surface area contributed by atoms with Crippen LogP contribution >= 0.6 is 0 Å². The van der Waals surface area contributed by atoms with Crippen molar-refractivity contribution in [2.75, 3.05) is 30.0 Å². The number of nitrogens with one attached hydrogen (secondary N) is 1. The Morgan fingerprint density at radius 3 is 2.68 bits per heavy atom. The van der Waals surface area contributed by atoms with Gasteiger partial charge in [-0.05, 0) is 18.6 Å². The zero-order valence-electron chi connectivity index (χ0n) is 10.2. The average molecular weight is 285 g/mol. The van der Waals surface area contributed by atoms with Crippen LogP contribution < -0.4 is 11.3 Å². The minimum absolute atomic E-state index is 0.00535. The Labute approximate surface area is 110 Å². The summed E-state index contributed by atoms with van der Waals surface area (Å²) in [5, 5.41) is 7.47. The molecule has 0 saturated carbocycles. The number of hydrogen-bond donors (Lipinski definition) is 2. The fourth-order valence-corrected chi connectivity index (χ4v) is 3.10. The number of hydrazine groups is 1. The number of nitrogens with zero attached hydrogens (tertiary/aromatic N) is 3. The number of sulfone groups is 1. The number of nitrogen functional groups attached to an aromatic ring is 1. The van der Waals surface area contributed by atoms with E-state index >= 15 is 0 Å². The van der Waals surface area contributed by atoms with Crippen LogP contribution in [0.1, 0.15) is 16.9 Å². The molecule has 2 rings (SSSR count). The molecule has 1 aliphatic heterocycles. The zero-order valence-corrected chi connectivity index (χ0v) is 11.1. The predicted octanol–water partition coefficient (Wildman–Crippen LogP) is -0.977. The highest BCUT2D eigenvalue weighted by Crippen LogP contribution is 2.09. The second kappa shape index (κ2) is 5.49. The lowest BCUT2D eigenvalue weighted by Gasteiger charge is -2.18. The molecule has 2 heterocycles. The van der Waals surface area contributed by atoms with Gasteiger partial charge < -0.3 is 10.3 Å². The van der Waals surface area contributed by atoms with Crippen molar-refractivity contribution in [3.8, 4) is 0 Å². The van der Waals surface area contributed by atoms with E-state index in [4.69, 9.17) is 5.84 Å². The van der Waals surface area contributed by atoms with Crippen LogP contribution in [0.3, 0.4) is 0 Å². The standard InChI is InChI=1S/C10H15N5O3S/c11-12-9-3-2-8(13-14-9)10(16)15-4-1-6-19(17,18)7-5-15/h2-3H,1,4-7,11H2,(H,12,14). The largest absolute Gasteiger partial charge is 0.336 e. The summed E-state index contributed by atoms with van der Waals surface area (Å²) in [6, 6.07) is 3.04. The summed E-state index contributed by atoms with van der Waals surface area (Å²) in [5.74, 6) is 5.32. The van der Waals surface area contributed by atoms with Crippen LogP contribution in [0.5, 0.6) is 0 Å². The highest BCUT2D eigenvalue weighted by Gasteiger charge is 2.24. The fourth-order valence-electron chi connectivity index (χ4n) is 1.83. The van der Waals surface area contributed by atoms with Crippen LogP contribution in [0.25, 0.3) is 0 Å². The van der Waals surface area contributed by atoms with Crippen LogP contribution in [-0.2, 0) is 9.84 Å². The molecular weight excluding hydrogens is 270 g/mol. The summed E-state index contributed by atoms with van der Waals surface area (Å²) < 4.78 is 22.9. The molecule has 0 bridgehead atoms. The molecule has 0 radical (unpaired) electrons. The molecule has 1 aromatic rings. The van der Waals surface area contributed by atoms with E-state index in [2.05, 4.69) is 15.6 Å². The number of carbonyl (C=O) groups is 1. The summed E-state index contributed by atoms with van der Waals surface area (Å²) in [5.41, 5.74) is 2.49. The minimum atomic E-state index is -3.03. The second-order valence-corrected chi connectivity index (χ2v) is 6.55. The van der Waals surface area contributed by atoms with Crippen molar-refractivity contribution in [3.63, 3.8) is 0 Å². The summed E-state index contributed by atoms with van der Waals surface area (Å²) >= 11 is 0. The van der Waals surface area contributed by atoms with E-state index in [0.29, 0.717) is 18.8 Å². The highest BCUT2D eigenvalue weighted by molar-refractivity contribution is 7.91. The van der Waals surface area contributed by atoms with Gasteiger partial charge in [-0.25, -0.2) is 14.3 Å². The van der Waals surface area contributed by atoms with Gasteiger partial charge in [-0.2, -0.15) is 0 Å². The maximum atomic E-state index is 12.1. The van der Waals surface area contributed by atoms with Gasteiger partial charge >= 0.3 is 0 Å². The topological polar surface area (TPSA) is 118 Å². The van der Waals surface area contributed by atoms with Gasteiger partial charge in [0.15, 0.2) is 21.3 Å². The molecule has 104 valence electrons. The monoisotopic (exact) mass is 285 g/mol. The van der Waals surface area contributed by atoms with Crippen molar-refractivity contribution >= 4 is 21.6 Å². The van der Waals surface area contributed by atoms with Gasteiger partial charge in [0.05, 0.1) is 11.5 Å². The molecule has 0 aliphatic carbocycles. The van der Waals surface area contributed by atoms with E-state index in [0.717, 1.165) is 0 Å². The van der Waals surface area contributed by atoms with Gasteiger partial charge in [0.25, 0.3) is 5.91 Å². The van der Waals surface area contributed by atoms with Gasteiger partial charge in [-0.3, -0.25) is 4.79 Å². The Balaban J connectivity index is 2.10. The molecule has 1 saturated heterocycles. The Hall–Kier alpha value is -1.74. The molecule has 19 heavy (non-hydrogen) atoms. The third kappa shape index (κ3) is 3.38. The van der Waals surface area contributed by atoms with Crippen molar-refractivity contribution in [3.05, 3.63) is 17.8 Å². The molecule has 8 nitrogen and oxygen atoms in total. The molecular formula is C10H15N5O3S. The smallest absolute Gasteiger partial charge is 0.274 e. The first-order valence-electron chi connectivity index (χ1n) is 5.82. The van der Waals surface area contributed by atoms with E-state index in [1.165, 1.54) is 17.0 Å². The summed E-state index contributed by atoms with van der Waals surface area (Å²) in [4.78, 5) is 13.6. The maximum absolute atomic E-state index is 12.1. The first-order chi connectivity index (χ1) is 9.02. The van der Waals surface area contributed by atoms with Crippen LogP contribution in [0.4, 0.5) is 5.82 Å². The molecule has 3 N–H and O–H groups in total. The molecule has 1 fully saturated rings. The summed E-state index contributed by atoms with van der Waals surface area (Å²) in [7, 11) is -3.03. The molecule has 1 amide bonds. The van der Waals surface area contributed by atoms with E-state index in [-0.39, 0.29) is 29.7 Å². The lowest BCUT2D eigenvalue weighted by Crippen LogP contribution is -2.34. The van der Waals surface area contributed by atoms with E-state index in [9.17, 15) is 13.2 Å². The molecule has 9 heteroatoms. The van der Waals surface area contributed by atoms with E-state index in [1.807, 2.05) is 0 Å². The lowest BCUT2D eigenvalue weighted by atomic mass is 10.3. The number of amides is 1. The van der Waals surface area contributed by atoms with Gasteiger partial charge in [0, 0.05) is 13.1 Å². The number of nitrogens with two attached hydrogens (primary N) is 1. The van der Waals surface area contributed by atoms with Gasteiger partial charge in [0.2, 0.25) is 0 Å². The van der Waals surface area contributed by atoms with Gasteiger partial charge in [-0.1, -0.05) is 0 Å². The van der Waals surface area contributed by atoms with Crippen molar-refractivity contribution in [2.24, 2.45) is 5.84 Å². The third-order valence-corrected chi connectivity index (χ3v) is 4.59. The summed E-state index contributed by atoms with van der Waals surface area (Å²) in [6.45, 7) is 0.608. The normalized spacial score (nSPS) is 18.7. The Bertz CT molecular complexity index is 557. The second-order valence-electron chi connectivity index (χ2n) is 4.25. The van der Waals surface area contributed by atoms with Crippen LogP contribution in [0.2, 0.25) is 0 Å². The average Bonchev–Trinajstić information content (AvgIpc) is 2.59. The predicted molar refractivity (Wildman–Crippen MR) is 69.0 cm³/mol. The first-order valence-corrected chi connectivity index (χ1v) is 7.64. The maximum Gasteiger partial charge on any atom is 0.274 e. The molecule has 0 spiro atoms. The number of anilines is 1. The van der Waals surface area contributed by atoms with Crippen LogP contribution in [0.15, 0.2) is 12.1 Å². The lowest BCUT2D eigenvalue weighted by molar-refractivity contribution is 0.0761. The quantitative estimate of drug-likeness (QED) is 0.529. The Morgan fingerprint density at radius 2 is 2.05 bits per heavy atom. The number of rotatable bonds is 2. The number of aromatic nitrogens is 2. The molecule has 0 aromatic carbocycles. The Kier molecular flexibility index (Phi) is 3.96. The van der Waals surface area contributed by atoms with Crippen molar-refractivity contribution in [2.45, 2.75) is 6.42 Å². The zero-order chi connectivity index (χ0) is 13.9. The van der Waals surface area contributed by atoms with Gasteiger partial charge in [-0.15, -0.1) is 10.2 Å². The third-order valence-electron chi connectivity index (χ3n) is 2.87. The van der Waals surface area contributed by atoms with Crippen molar-refractivity contribution in [1.29, 1.82) is 0 Å². The molecule has 0 atom stereocenters. The fraction of sp³-hybridized carbons (Fsp3) is 0.500. The molecule has 1 aromatic heterocycles. The van der Waals surface area contributed by atoms with Crippen LogP contribution in [-0.4, -0.2) is 54.0 Å². The van der Waals surface area contributed by atoms with E-state index < -0.39 is 9.84 Å². The Morgan fingerprint density at radius 1 is 1.26 bits per heavy atom. The summed E-state index contributed by atoms with van der Waals surface area (Å²) in [6.07, 6.45) is 0.448. The van der Waals surface area contributed by atoms with Gasteiger partial charge in [0.1, 0.15) is 0 Å². The van der Waals surface area contributed by atoms with Crippen molar-refractivity contribution < 1.29 is 13.2 Å². The van der Waals surface area contributed by atoms with E-state index in [1.54, 1.807) is 0 Å². The van der Waals surface area contributed by atoms with Crippen LogP contribution in [0, 0.1) is 0 Å². The first kappa shape index (κ1) is 13.7.